The lowest BCUT2D eigenvalue weighted by Crippen LogP contribution is -2.37. The molecule has 0 saturated heterocycles. The van der Waals surface area contributed by atoms with Gasteiger partial charge in [0.2, 0.25) is 0 Å². The van der Waals surface area contributed by atoms with Crippen LogP contribution in [-0.2, 0) is 27.9 Å². The summed E-state index contributed by atoms with van der Waals surface area (Å²) < 4.78 is 35.1. The maximum absolute atomic E-state index is 12.8. The number of hydrogen-bond donors (Lipinski definition) is 1. The molecule has 0 spiro atoms. The molecule has 0 aromatic rings. The Kier molecular flexibility index (Phi) is 43.5. The summed E-state index contributed by atoms with van der Waals surface area (Å²) in [6.45, 7) is 5.49. The van der Waals surface area contributed by atoms with Gasteiger partial charge in [0, 0.05) is 13.0 Å². The number of esters is 1. The Morgan fingerprint density at radius 1 is 0.525 bits per heavy atom. The number of ether oxygens (including phenoxy) is 2. The second kappa shape index (κ2) is 44.8. The Labute approximate surface area is 377 Å². The van der Waals surface area contributed by atoms with Gasteiger partial charge in [-0.3, -0.25) is 13.8 Å². The molecule has 0 saturated carbocycles. The van der Waals surface area contributed by atoms with Crippen molar-refractivity contribution in [2.45, 2.75) is 213 Å². The minimum atomic E-state index is -4.29. The highest BCUT2D eigenvalue weighted by Crippen LogP contribution is 2.43. The van der Waals surface area contributed by atoms with Crippen molar-refractivity contribution in [3.8, 4) is 0 Å². The van der Waals surface area contributed by atoms with Crippen molar-refractivity contribution in [2.75, 3.05) is 54.1 Å². The maximum atomic E-state index is 12.8. The number of unbranched alkanes of at least 4 members (excludes halogenated alkanes) is 22. The number of carbonyl (C=O) groups excluding carboxylic acids is 1. The highest BCUT2D eigenvalue weighted by molar-refractivity contribution is 7.47. The molecule has 0 fully saturated rings. The van der Waals surface area contributed by atoms with Crippen molar-refractivity contribution >= 4 is 13.8 Å². The van der Waals surface area contributed by atoms with Crippen LogP contribution in [0, 0.1) is 0 Å². The van der Waals surface area contributed by atoms with Gasteiger partial charge in [-0.2, -0.15) is 0 Å². The van der Waals surface area contributed by atoms with Crippen LogP contribution >= 0.6 is 7.82 Å². The lowest BCUT2D eigenvalue weighted by atomic mass is 10.1. The van der Waals surface area contributed by atoms with E-state index in [9.17, 15) is 14.3 Å². The summed E-state index contributed by atoms with van der Waals surface area (Å²) >= 11 is 0. The van der Waals surface area contributed by atoms with E-state index < -0.39 is 13.9 Å². The summed E-state index contributed by atoms with van der Waals surface area (Å²) in [5.41, 5.74) is 0. The third kappa shape index (κ3) is 49.1. The molecule has 0 rings (SSSR count). The van der Waals surface area contributed by atoms with Crippen LogP contribution in [-0.4, -0.2) is 75.6 Å². The number of likely N-dealkylation sites (N-methyl/N-ethyl adjacent to an activating group) is 1. The molecule has 2 atom stereocenters. The van der Waals surface area contributed by atoms with Crippen LogP contribution in [0.25, 0.3) is 0 Å². The zero-order valence-corrected chi connectivity index (χ0v) is 41.3. The minimum Gasteiger partial charge on any atom is -0.457 e. The highest BCUT2D eigenvalue weighted by atomic mass is 31.2. The molecule has 0 radical (unpaired) electrons. The Balaban J connectivity index is 4.19. The third-order valence-corrected chi connectivity index (χ3v) is 11.5. The van der Waals surface area contributed by atoms with Gasteiger partial charge >= 0.3 is 13.8 Å². The maximum Gasteiger partial charge on any atom is 0.472 e. The van der Waals surface area contributed by atoms with Crippen molar-refractivity contribution in [1.82, 2.24) is 0 Å². The predicted octanol–water partition coefficient (Wildman–Crippen LogP) is 15.3. The SMILES string of the molecule is CC/C=C\C/C=C\C/C=C\C/C=C\CCCCCCCCCOCC(COP(=O)(O)OCC[N+](C)(C)C)OC(=O)CCCCCCCCCCC/C=C\CCCCCCCC. The third-order valence-electron chi connectivity index (χ3n) is 10.6. The van der Waals surface area contributed by atoms with E-state index in [0.29, 0.717) is 24.1 Å². The van der Waals surface area contributed by atoms with Crippen LogP contribution in [0.4, 0.5) is 0 Å². The molecule has 0 aromatic heterocycles. The quantitative estimate of drug-likeness (QED) is 0.0214. The Morgan fingerprint density at radius 2 is 0.951 bits per heavy atom. The summed E-state index contributed by atoms with van der Waals surface area (Å²) in [6.07, 6.45) is 56.9. The van der Waals surface area contributed by atoms with Crippen molar-refractivity contribution in [2.24, 2.45) is 0 Å². The zero-order chi connectivity index (χ0) is 44.8. The van der Waals surface area contributed by atoms with Crippen molar-refractivity contribution in [3.63, 3.8) is 0 Å². The van der Waals surface area contributed by atoms with Gasteiger partial charge in [-0.05, 0) is 77.0 Å². The van der Waals surface area contributed by atoms with Gasteiger partial charge in [-0.15, -0.1) is 0 Å². The van der Waals surface area contributed by atoms with Gasteiger partial charge in [0.15, 0.2) is 0 Å². The lowest BCUT2D eigenvalue weighted by Gasteiger charge is -2.24. The average molecular weight is 879 g/mol. The summed E-state index contributed by atoms with van der Waals surface area (Å²) in [5.74, 6) is -0.320. The van der Waals surface area contributed by atoms with E-state index in [2.05, 4.69) is 74.6 Å². The van der Waals surface area contributed by atoms with Crippen LogP contribution in [0.3, 0.4) is 0 Å². The topological polar surface area (TPSA) is 91.3 Å². The van der Waals surface area contributed by atoms with E-state index in [1.165, 1.54) is 122 Å². The van der Waals surface area contributed by atoms with E-state index in [0.717, 1.165) is 64.2 Å². The fraction of sp³-hybridized carbons (Fsp3) is 0.788. The summed E-state index contributed by atoms with van der Waals surface area (Å²) in [4.78, 5) is 23.0. The molecule has 0 aliphatic heterocycles. The first-order chi connectivity index (χ1) is 29.6. The molecule has 61 heavy (non-hydrogen) atoms. The predicted molar refractivity (Wildman–Crippen MR) is 261 cm³/mol. The molecule has 0 aliphatic carbocycles. The van der Waals surface area contributed by atoms with Crippen molar-refractivity contribution in [3.05, 3.63) is 60.8 Å². The van der Waals surface area contributed by atoms with E-state index in [1.807, 2.05) is 21.1 Å². The molecular weight excluding hydrogens is 782 g/mol. The summed E-state index contributed by atoms with van der Waals surface area (Å²) in [5, 5.41) is 0. The van der Waals surface area contributed by atoms with Crippen molar-refractivity contribution < 1.29 is 37.3 Å². The van der Waals surface area contributed by atoms with Crippen LogP contribution in [0.2, 0.25) is 0 Å². The number of carbonyl (C=O) groups is 1. The Morgan fingerprint density at radius 3 is 1.44 bits per heavy atom. The van der Waals surface area contributed by atoms with Gasteiger partial charge in [-0.25, -0.2) is 4.57 Å². The van der Waals surface area contributed by atoms with Gasteiger partial charge in [0.25, 0.3) is 0 Å². The first-order valence-electron chi connectivity index (χ1n) is 25.0. The van der Waals surface area contributed by atoms with Crippen LogP contribution < -0.4 is 0 Å². The molecule has 356 valence electrons. The first-order valence-corrected chi connectivity index (χ1v) is 26.5. The smallest absolute Gasteiger partial charge is 0.457 e. The molecule has 8 nitrogen and oxygen atoms in total. The Hall–Kier alpha value is -1.80. The molecule has 0 aliphatic rings. The average Bonchev–Trinajstić information content (AvgIpc) is 3.22. The number of phosphoric ester groups is 1. The van der Waals surface area contributed by atoms with E-state index in [1.54, 1.807) is 0 Å². The van der Waals surface area contributed by atoms with E-state index in [-0.39, 0.29) is 25.8 Å². The Bertz CT molecular complexity index is 1160. The van der Waals surface area contributed by atoms with Gasteiger partial charge in [0.1, 0.15) is 19.3 Å². The summed E-state index contributed by atoms with van der Waals surface area (Å²) in [6, 6.07) is 0. The number of phosphoric acid groups is 1. The van der Waals surface area contributed by atoms with Gasteiger partial charge in [-0.1, -0.05) is 184 Å². The fourth-order valence-corrected chi connectivity index (χ4v) is 7.46. The molecule has 0 amide bonds. The molecule has 2 unspecified atom stereocenters. The second-order valence-corrected chi connectivity index (χ2v) is 19.3. The molecule has 0 bridgehead atoms. The normalized spacial score (nSPS) is 14.1. The van der Waals surface area contributed by atoms with Crippen molar-refractivity contribution in [1.29, 1.82) is 0 Å². The second-order valence-electron chi connectivity index (χ2n) is 17.8. The number of nitrogens with zero attached hydrogens (tertiary/aromatic N) is 1. The van der Waals surface area contributed by atoms with E-state index in [4.69, 9.17) is 18.5 Å². The molecule has 0 heterocycles. The first kappa shape index (κ1) is 59.2. The fourth-order valence-electron chi connectivity index (χ4n) is 6.72. The summed E-state index contributed by atoms with van der Waals surface area (Å²) in [7, 11) is 1.65. The molecule has 9 heteroatoms. The highest BCUT2D eigenvalue weighted by Gasteiger charge is 2.26. The standard InChI is InChI=1S/C52H96NO7P/c1-6-8-10-12-14-16-18-20-22-24-26-28-30-32-34-36-38-40-42-44-47-57-49-51(50-59-61(55,56)58-48-46-53(3,4)5)60-52(54)45-43-41-39-37-35-33-31-29-27-25-23-21-19-17-15-13-11-9-7-2/h8,10,14,16,20-23,26,28,51H,6-7,9,11-13,15,17-19,24-25,27,29-50H2,1-5H3/p+1/b10-8-,16-14-,22-20-,23-21-,28-26-. The van der Waals surface area contributed by atoms with Gasteiger partial charge < -0.3 is 18.9 Å². The molecule has 1 N–H and O–H groups in total. The van der Waals surface area contributed by atoms with Gasteiger partial charge in [0.05, 0.1) is 34.4 Å². The number of hydrogen-bond acceptors (Lipinski definition) is 6. The van der Waals surface area contributed by atoms with Crippen LogP contribution in [0.5, 0.6) is 0 Å². The monoisotopic (exact) mass is 879 g/mol. The molecule has 0 aromatic carbocycles. The molecular formula is C52H97NO7P+. The number of allylic oxidation sites excluding steroid dienone is 10. The minimum absolute atomic E-state index is 0.0838. The lowest BCUT2D eigenvalue weighted by molar-refractivity contribution is -0.870. The zero-order valence-electron chi connectivity index (χ0n) is 40.4. The largest absolute Gasteiger partial charge is 0.472 e. The number of quaternary nitrogens is 1. The number of rotatable bonds is 46. The van der Waals surface area contributed by atoms with E-state index >= 15 is 0 Å². The van der Waals surface area contributed by atoms with Crippen LogP contribution in [0.15, 0.2) is 60.8 Å². The van der Waals surface area contributed by atoms with Crippen LogP contribution in [0.1, 0.15) is 206 Å².